The summed E-state index contributed by atoms with van der Waals surface area (Å²) in [6.07, 6.45) is -0.0992. The van der Waals surface area contributed by atoms with Gasteiger partial charge in [-0.1, -0.05) is 0 Å². The molecule has 8 heteroatoms. The van der Waals surface area contributed by atoms with E-state index in [0.717, 1.165) is 0 Å². The van der Waals surface area contributed by atoms with E-state index in [1.54, 1.807) is 20.8 Å². The molecule has 1 rings (SSSR count). The second-order valence-electron chi connectivity index (χ2n) is 4.91. The number of nitrogens with zero attached hydrogens (tertiary/aromatic N) is 2. The van der Waals surface area contributed by atoms with Crippen molar-refractivity contribution in [1.82, 2.24) is 9.78 Å². The zero-order valence-electron chi connectivity index (χ0n) is 11.0. The van der Waals surface area contributed by atoms with Gasteiger partial charge in [-0.15, -0.1) is 13.9 Å². The molecule has 19 heavy (non-hydrogen) atoms. The Bertz CT molecular complexity index is 463. The van der Waals surface area contributed by atoms with Crippen molar-refractivity contribution < 1.29 is 23.0 Å². The Morgan fingerprint density at radius 3 is 2.53 bits per heavy atom. The summed E-state index contributed by atoms with van der Waals surface area (Å²) in [5, 5.41) is 3.67. The summed E-state index contributed by atoms with van der Waals surface area (Å²) >= 11 is 4.63. The molecule has 0 aliphatic rings. The minimum Gasteiger partial charge on any atom is -0.460 e. The fraction of sp³-hybridized carbons (Fsp3) is 0.636. The first-order valence-electron chi connectivity index (χ1n) is 5.47. The van der Waals surface area contributed by atoms with Gasteiger partial charge in [0.2, 0.25) is 5.88 Å². The monoisotopic (exact) mass is 296 g/mol. The highest BCUT2D eigenvalue weighted by Gasteiger charge is 2.29. The van der Waals surface area contributed by atoms with Gasteiger partial charge in [-0.2, -0.15) is 0 Å². The number of carbonyl (C=O) groups is 1. The van der Waals surface area contributed by atoms with E-state index >= 15 is 0 Å². The van der Waals surface area contributed by atoms with Crippen molar-refractivity contribution in [3.05, 3.63) is 11.8 Å². The first kappa shape index (κ1) is 15.7. The highest BCUT2D eigenvalue weighted by Crippen LogP contribution is 2.24. The Labute approximate surface area is 114 Å². The number of hydrogen-bond acceptors (Lipinski definition) is 4. The highest BCUT2D eigenvalue weighted by atomic mass is 35.5. The molecule has 0 spiro atoms. The Morgan fingerprint density at radius 1 is 1.47 bits per heavy atom. The van der Waals surface area contributed by atoms with E-state index in [-0.39, 0.29) is 12.3 Å². The number of carbonyl (C=O) groups excluding carboxylic acids is 1. The van der Waals surface area contributed by atoms with E-state index < -0.39 is 17.1 Å². The Morgan fingerprint density at radius 2 is 2.05 bits per heavy atom. The van der Waals surface area contributed by atoms with Crippen LogP contribution in [-0.2, 0) is 23.0 Å². The number of esters is 1. The second kappa shape index (κ2) is 5.32. The zero-order valence-corrected chi connectivity index (χ0v) is 11.8. The van der Waals surface area contributed by atoms with E-state index in [1.807, 2.05) is 0 Å². The highest BCUT2D eigenvalue weighted by molar-refractivity contribution is 6.20. The van der Waals surface area contributed by atoms with E-state index in [1.165, 1.54) is 17.8 Å². The summed E-state index contributed by atoms with van der Waals surface area (Å²) in [5.41, 5.74) is -4.07. The third kappa shape index (κ3) is 5.87. The molecule has 0 radical (unpaired) electrons. The quantitative estimate of drug-likeness (QED) is 0.633. The predicted molar refractivity (Wildman–Crippen MR) is 64.2 cm³/mol. The van der Waals surface area contributed by atoms with Crippen molar-refractivity contribution in [2.24, 2.45) is 7.05 Å². The van der Waals surface area contributed by atoms with Crippen LogP contribution in [0.2, 0.25) is 0 Å². The summed E-state index contributed by atoms with van der Waals surface area (Å²) < 4.78 is 35.3. The van der Waals surface area contributed by atoms with Crippen LogP contribution in [-0.4, -0.2) is 26.9 Å². The van der Waals surface area contributed by atoms with Crippen LogP contribution in [0, 0.1) is 0 Å². The summed E-state index contributed by atoms with van der Waals surface area (Å²) in [4.78, 5) is 11.6. The van der Waals surface area contributed by atoms with Crippen LogP contribution in [0.15, 0.2) is 6.07 Å². The van der Waals surface area contributed by atoms with Gasteiger partial charge >= 0.3 is 11.5 Å². The molecule has 5 nitrogen and oxygen atoms in total. The predicted octanol–water partition coefficient (Wildman–Crippen LogP) is 2.47. The summed E-state index contributed by atoms with van der Waals surface area (Å²) in [6, 6.07) is 1.21. The van der Waals surface area contributed by atoms with E-state index in [9.17, 15) is 13.6 Å². The van der Waals surface area contributed by atoms with Gasteiger partial charge in [-0.3, -0.25) is 9.48 Å². The fourth-order valence-electron chi connectivity index (χ4n) is 1.34. The minimum atomic E-state index is -3.84. The van der Waals surface area contributed by atoms with Gasteiger partial charge in [0.15, 0.2) is 0 Å². The van der Waals surface area contributed by atoms with Crippen LogP contribution in [0.1, 0.15) is 26.5 Å². The Hall–Kier alpha value is -1.37. The van der Waals surface area contributed by atoms with Crippen LogP contribution in [0.3, 0.4) is 0 Å². The minimum absolute atomic E-state index is 0.0992. The Kier molecular flexibility index (Phi) is 4.39. The maximum Gasteiger partial charge on any atom is 0.488 e. The largest absolute Gasteiger partial charge is 0.488 e. The van der Waals surface area contributed by atoms with Crippen molar-refractivity contribution >= 4 is 17.6 Å². The number of hydrogen-bond donors (Lipinski definition) is 0. The van der Waals surface area contributed by atoms with Gasteiger partial charge in [0.25, 0.3) is 0 Å². The fourth-order valence-corrected chi connectivity index (χ4v) is 1.42. The molecule has 0 fully saturated rings. The Balaban J connectivity index is 2.72. The van der Waals surface area contributed by atoms with Gasteiger partial charge in [-0.05, 0) is 20.8 Å². The molecule has 0 amide bonds. The molecule has 0 atom stereocenters. The molecule has 1 aromatic heterocycles. The summed E-state index contributed by atoms with van der Waals surface area (Å²) in [7, 11) is 1.50. The van der Waals surface area contributed by atoms with E-state index in [0.29, 0.717) is 5.69 Å². The van der Waals surface area contributed by atoms with Gasteiger partial charge in [-0.25, -0.2) is 0 Å². The lowest BCUT2D eigenvalue weighted by Crippen LogP contribution is -2.25. The van der Waals surface area contributed by atoms with E-state index in [2.05, 4.69) is 21.4 Å². The molecule has 0 saturated heterocycles. The lowest BCUT2D eigenvalue weighted by molar-refractivity contribution is -0.154. The molecule has 0 N–H and O–H groups in total. The third-order valence-electron chi connectivity index (χ3n) is 1.92. The number of aromatic nitrogens is 2. The van der Waals surface area contributed by atoms with Gasteiger partial charge in [0.05, 0.1) is 12.1 Å². The van der Waals surface area contributed by atoms with Crippen molar-refractivity contribution in [3.8, 4) is 5.88 Å². The molecule has 0 unspecified atom stereocenters. The van der Waals surface area contributed by atoms with Gasteiger partial charge < -0.3 is 9.47 Å². The zero-order chi connectivity index (χ0) is 14.8. The molecule has 108 valence electrons. The van der Waals surface area contributed by atoms with Crippen LogP contribution >= 0.6 is 11.6 Å². The van der Waals surface area contributed by atoms with Crippen LogP contribution in [0.5, 0.6) is 5.88 Å². The van der Waals surface area contributed by atoms with Crippen molar-refractivity contribution in [3.63, 3.8) is 0 Å². The molecule has 0 aromatic carbocycles. The van der Waals surface area contributed by atoms with Crippen LogP contribution in [0.4, 0.5) is 8.78 Å². The van der Waals surface area contributed by atoms with Gasteiger partial charge in [0, 0.05) is 24.7 Å². The molecule has 0 bridgehead atoms. The lowest BCUT2D eigenvalue weighted by Gasteiger charge is -2.19. The van der Waals surface area contributed by atoms with Crippen LogP contribution in [0.25, 0.3) is 0 Å². The SMILES string of the molecule is Cn1nc(OC(F)(F)Cl)cc1CC(=O)OC(C)(C)C. The summed E-state index contributed by atoms with van der Waals surface area (Å²) in [5.74, 6) is -0.847. The number of aryl methyl sites for hydroxylation is 1. The number of rotatable bonds is 4. The topological polar surface area (TPSA) is 53.4 Å². The summed E-state index contributed by atoms with van der Waals surface area (Å²) in [6.45, 7) is 5.20. The molecular weight excluding hydrogens is 282 g/mol. The maximum absolute atomic E-state index is 12.4. The van der Waals surface area contributed by atoms with Gasteiger partial charge in [0.1, 0.15) is 5.60 Å². The number of ether oxygens (including phenoxy) is 2. The van der Waals surface area contributed by atoms with Crippen molar-refractivity contribution in [2.75, 3.05) is 0 Å². The average molecular weight is 297 g/mol. The number of halogens is 3. The average Bonchev–Trinajstić information content (AvgIpc) is 2.39. The molecular formula is C11H15ClF2N2O3. The molecule has 0 aliphatic heterocycles. The first-order chi connectivity index (χ1) is 8.46. The van der Waals surface area contributed by atoms with E-state index in [4.69, 9.17) is 4.74 Å². The van der Waals surface area contributed by atoms with Crippen molar-refractivity contribution in [2.45, 2.75) is 38.4 Å². The molecule has 0 saturated carbocycles. The van der Waals surface area contributed by atoms with Crippen LogP contribution < -0.4 is 4.74 Å². The number of alkyl halides is 3. The standard InChI is InChI=1S/C11H15ClF2N2O3/c1-10(2,3)19-9(17)6-7-5-8(15-16(7)4)18-11(12,13)14/h5H,6H2,1-4H3. The smallest absolute Gasteiger partial charge is 0.460 e. The first-order valence-corrected chi connectivity index (χ1v) is 5.84. The molecule has 0 aliphatic carbocycles. The lowest BCUT2D eigenvalue weighted by atomic mass is 10.2. The molecule has 1 aromatic rings. The maximum atomic E-state index is 12.4. The molecule has 1 heterocycles. The second-order valence-corrected chi connectivity index (χ2v) is 5.35. The normalized spacial score (nSPS) is 12.4. The third-order valence-corrected chi connectivity index (χ3v) is 2.00. The van der Waals surface area contributed by atoms with Crippen molar-refractivity contribution in [1.29, 1.82) is 0 Å².